The molecule has 1 saturated heterocycles. The lowest BCUT2D eigenvalue weighted by Gasteiger charge is -2.33. The summed E-state index contributed by atoms with van der Waals surface area (Å²) in [6.07, 6.45) is 4.27. The van der Waals surface area contributed by atoms with Crippen LogP contribution < -0.4 is 10.2 Å². The highest BCUT2D eigenvalue weighted by Crippen LogP contribution is 2.32. The number of rotatable bonds is 5. The predicted molar refractivity (Wildman–Crippen MR) is 109 cm³/mol. The number of carbonyl (C=O) groups is 1. The molecule has 0 spiro atoms. The quantitative estimate of drug-likeness (QED) is 0.737. The Bertz CT molecular complexity index is 967. The number of piperidine rings is 1. The Labute approximate surface area is 165 Å². The molecule has 28 heavy (non-hydrogen) atoms. The van der Waals surface area contributed by atoms with Crippen LogP contribution in [-0.4, -0.2) is 35.5 Å². The average Bonchev–Trinajstić information content (AvgIpc) is 3.03. The van der Waals surface area contributed by atoms with Gasteiger partial charge >= 0.3 is 0 Å². The van der Waals surface area contributed by atoms with Crippen LogP contribution in [0.15, 0.2) is 41.1 Å². The molecule has 6 nitrogen and oxygen atoms in total. The Morgan fingerprint density at radius 2 is 2.07 bits per heavy atom. The minimum absolute atomic E-state index is 0.0251. The first-order valence-electron chi connectivity index (χ1n) is 9.91. The molecule has 3 heterocycles. The lowest BCUT2D eigenvalue weighted by molar-refractivity contribution is -0.125. The highest BCUT2D eigenvalue weighted by atomic mass is 16.3. The maximum atomic E-state index is 12.7. The molecule has 1 aromatic carbocycles. The normalized spacial score (nSPS) is 17.1. The summed E-state index contributed by atoms with van der Waals surface area (Å²) in [7, 11) is 0. The second-order valence-electron chi connectivity index (χ2n) is 7.47. The fraction of sp³-hybridized carbons (Fsp3) is 0.409. The first-order valence-corrected chi connectivity index (χ1v) is 9.91. The summed E-state index contributed by atoms with van der Waals surface area (Å²) >= 11 is 0. The first-order chi connectivity index (χ1) is 13.6. The summed E-state index contributed by atoms with van der Waals surface area (Å²) < 4.78 is 5.74. The maximum Gasteiger partial charge on any atom is 0.231 e. The largest absolute Gasteiger partial charge is 0.443 e. The maximum absolute atomic E-state index is 12.7. The lowest BCUT2D eigenvalue weighted by atomic mass is 9.96. The zero-order valence-electron chi connectivity index (χ0n) is 16.4. The molecule has 6 heteroatoms. The molecule has 1 atom stereocenters. The van der Waals surface area contributed by atoms with Gasteiger partial charge in [0.05, 0.1) is 11.3 Å². The van der Waals surface area contributed by atoms with E-state index in [4.69, 9.17) is 4.42 Å². The van der Waals surface area contributed by atoms with Gasteiger partial charge in [0.25, 0.3) is 0 Å². The molecule has 0 bridgehead atoms. The van der Waals surface area contributed by atoms with Crippen molar-refractivity contribution >= 4 is 22.8 Å². The Hall–Kier alpha value is -2.89. The lowest BCUT2D eigenvalue weighted by Crippen LogP contribution is -2.43. The van der Waals surface area contributed by atoms with Crippen LogP contribution in [0.5, 0.6) is 0 Å². The van der Waals surface area contributed by atoms with E-state index in [2.05, 4.69) is 32.3 Å². The van der Waals surface area contributed by atoms with E-state index in [0.717, 1.165) is 48.3 Å². The average molecular weight is 378 g/mol. The molecule has 1 amide bonds. The number of aryl methyl sites for hydroxylation is 2. The van der Waals surface area contributed by atoms with E-state index in [9.17, 15) is 4.79 Å². The van der Waals surface area contributed by atoms with Gasteiger partial charge in [0, 0.05) is 25.2 Å². The summed E-state index contributed by atoms with van der Waals surface area (Å²) in [6, 6.07) is 10.2. The second-order valence-corrected chi connectivity index (χ2v) is 7.47. The topological polar surface area (TPSA) is 71.3 Å². The molecule has 4 rings (SSSR count). The van der Waals surface area contributed by atoms with Crippen molar-refractivity contribution in [1.29, 1.82) is 0 Å². The number of nitrogens with zero attached hydrogens (tertiary/aromatic N) is 3. The first kappa shape index (κ1) is 18.5. The Kier molecular flexibility index (Phi) is 5.28. The van der Waals surface area contributed by atoms with Crippen molar-refractivity contribution in [3.05, 3.63) is 53.5 Å². The molecule has 1 fully saturated rings. The number of amides is 1. The van der Waals surface area contributed by atoms with E-state index >= 15 is 0 Å². The van der Waals surface area contributed by atoms with Crippen LogP contribution in [0.4, 0.5) is 5.82 Å². The number of anilines is 1. The van der Waals surface area contributed by atoms with Crippen molar-refractivity contribution < 1.29 is 9.21 Å². The third-order valence-corrected chi connectivity index (χ3v) is 5.59. The summed E-state index contributed by atoms with van der Waals surface area (Å²) in [4.78, 5) is 23.7. The molecular weight excluding hydrogens is 352 g/mol. The standard InChI is InChI=1S/C22H26N4O2/c1-15-16(2)28-22-19(15)20(24-14-25-22)26-12-6-9-18(13-26)21(27)23-11-10-17-7-4-3-5-8-17/h3-5,7-8,14,18H,6,9-13H2,1-2H3,(H,23,27)/t18-/m0/s1. The fourth-order valence-corrected chi connectivity index (χ4v) is 3.91. The number of furan rings is 1. The van der Waals surface area contributed by atoms with Crippen LogP contribution in [0.2, 0.25) is 0 Å². The molecule has 0 unspecified atom stereocenters. The van der Waals surface area contributed by atoms with E-state index in [1.54, 1.807) is 6.33 Å². The van der Waals surface area contributed by atoms with Crippen LogP contribution in [0.3, 0.4) is 0 Å². The Balaban J connectivity index is 1.42. The molecule has 1 N–H and O–H groups in total. The van der Waals surface area contributed by atoms with E-state index < -0.39 is 0 Å². The second kappa shape index (κ2) is 8.00. The summed E-state index contributed by atoms with van der Waals surface area (Å²) in [5, 5.41) is 4.07. The van der Waals surface area contributed by atoms with Gasteiger partial charge < -0.3 is 14.6 Å². The highest BCUT2D eigenvalue weighted by molar-refractivity contribution is 5.90. The molecular formula is C22H26N4O2. The third-order valence-electron chi connectivity index (χ3n) is 5.59. The number of aromatic nitrogens is 2. The number of benzene rings is 1. The van der Waals surface area contributed by atoms with Crippen molar-refractivity contribution in [2.24, 2.45) is 5.92 Å². The summed E-state index contributed by atoms with van der Waals surface area (Å²) in [6.45, 7) is 6.21. The smallest absolute Gasteiger partial charge is 0.231 e. The summed E-state index contributed by atoms with van der Waals surface area (Å²) in [5.41, 5.74) is 2.93. The van der Waals surface area contributed by atoms with Crippen LogP contribution in [-0.2, 0) is 11.2 Å². The van der Waals surface area contributed by atoms with Gasteiger partial charge in [-0.3, -0.25) is 4.79 Å². The van der Waals surface area contributed by atoms with Crippen LogP contribution in [0, 0.1) is 19.8 Å². The SMILES string of the molecule is Cc1oc2ncnc(N3CCC[C@H](C(=O)NCCc4ccccc4)C3)c2c1C. The van der Waals surface area contributed by atoms with Crippen molar-refractivity contribution in [2.45, 2.75) is 33.1 Å². The molecule has 1 aliphatic rings. The van der Waals surface area contributed by atoms with Gasteiger partial charge in [-0.05, 0) is 38.7 Å². The number of fused-ring (bicyclic) bond motifs is 1. The minimum atomic E-state index is -0.0251. The van der Waals surface area contributed by atoms with Crippen LogP contribution in [0.1, 0.15) is 29.7 Å². The van der Waals surface area contributed by atoms with Gasteiger partial charge in [0.2, 0.25) is 11.6 Å². The minimum Gasteiger partial charge on any atom is -0.443 e. The van der Waals surface area contributed by atoms with Gasteiger partial charge in [-0.25, -0.2) is 9.97 Å². The fourth-order valence-electron chi connectivity index (χ4n) is 3.91. The molecule has 146 valence electrons. The molecule has 0 radical (unpaired) electrons. The van der Waals surface area contributed by atoms with Crippen molar-refractivity contribution in [3.8, 4) is 0 Å². The third kappa shape index (κ3) is 3.72. The summed E-state index contributed by atoms with van der Waals surface area (Å²) in [5.74, 6) is 1.85. The number of hydrogen-bond donors (Lipinski definition) is 1. The van der Waals surface area contributed by atoms with E-state index in [-0.39, 0.29) is 11.8 Å². The zero-order chi connectivity index (χ0) is 19.5. The van der Waals surface area contributed by atoms with Crippen LogP contribution in [0.25, 0.3) is 11.1 Å². The molecule has 1 aliphatic heterocycles. The zero-order valence-corrected chi connectivity index (χ0v) is 16.4. The molecule has 0 saturated carbocycles. The monoisotopic (exact) mass is 378 g/mol. The molecule has 3 aromatic rings. The predicted octanol–water partition coefficient (Wildman–Crippen LogP) is 3.41. The van der Waals surface area contributed by atoms with Crippen molar-refractivity contribution in [2.75, 3.05) is 24.5 Å². The van der Waals surface area contributed by atoms with Gasteiger partial charge in [-0.15, -0.1) is 0 Å². The van der Waals surface area contributed by atoms with Gasteiger partial charge in [0.1, 0.15) is 17.9 Å². The number of nitrogens with one attached hydrogen (secondary N) is 1. The number of hydrogen-bond acceptors (Lipinski definition) is 5. The van der Waals surface area contributed by atoms with E-state index in [1.807, 2.05) is 32.0 Å². The van der Waals surface area contributed by atoms with Gasteiger partial charge in [0.15, 0.2) is 0 Å². The van der Waals surface area contributed by atoms with Gasteiger partial charge in [-0.1, -0.05) is 30.3 Å². The highest BCUT2D eigenvalue weighted by Gasteiger charge is 2.28. The van der Waals surface area contributed by atoms with Crippen molar-refractivity contribution in [1.82, 2.24) is 15.3 Å². The number of carbonyl (C=O) groups excluding carboxylic acids is 1. The van der Waals surface area contributed by atoms with Gasteiger partial charge in [-0.2, -0.15) is 0 Å². The molecule has 0 aliphatic carbocycles. The van der Waals surface area contributed by atoms with Crippen molar-refractivity contribution in [3.63, 3.8) is 0 Å². The molecule has 2 aromatic heterocycles. The van der Waals surface area contributed by atoms with E-state index in [0.29, 0.717) is 18.8 Å². The van der Waals surface area contributed by atoms with E-state index in [1.165, 1.54) is 5.56 Å². The Morgan fingerprint density at radius 3 is 2.89 bits per heavy atom. The Morgan fingerprint density at radius 1 is 1.25 bits per heavy atom. The van der Waals surface area contributed by atoms with Crippen LogP contribution >= 0.6 is 0 Å².